The second-order valence-electron chi connectivity index (χ2n) is 5.44. The fourth-order valence-corrected chi connectivity index (χ4v) is 3.42. The van der Waals surface area contributed by atoms with Gasteiger partial charge in [-0.3, -0.25) is 4.79 Å². The lowest BCUT2D eigenvalue weighted by atomic mass is 9.74. The predicted molar refractivity (Wildman–Crippen MR) is 79.1 cm³/mol. The normalized spacial score (nSPS) is 18.5. The van der Waals surface area contributed by atoms with E-state index >= 15 is 0 Å². The number of likely N-dealkylation sites (tertiary alicyclic amines) is 1. The van der Waals surface area contributed by atoms with E-state index in [1.807, 2.05) is 10.3 Å². The van der Waals surface area contributed by atoms with E-state index in [1.165, 1.54) is 24.2 Å². The van der Waals surface area contributed by atoms with Crippen molar-refractivity contribution in [2.24, 2.45) is 5.41 Å². The van der Waals surface area contributed by atoms with Crippen molar-refractivity contribution in [3.63, 3.8) is 0 Å². The highest BCUT2D eigenvalue weighted by Gasteiger charge is 2.32. The van der Waals surface area contributed by atoms with Crippen molar-refractivity contribution in [2.75, 3.05) is 18.8 Å². The molecule has 0 aliphatic carbocycles. The summed E-state index contributed by atoms with van der Waals surface area (Å²) in [5, 5.41) is 2.41. The summed E-state index contributed by atoms with van der Waals surface area (Å²) >= 11 is 1.40. The molecule has 1 aromatic rings. The topological polar surface area (TPSA) is 59.2 Å². The zero-order chi connectivity index (χ0) is 13.9. The zero-order valence-electron chi connectivity index (χ0n) is 11.8. The van der Waals surface area contributed by atoms with Crippen molar-refractivity contribution in [3.05, 3.63) is 11.1 Å². The predicted octanol–water partition coefficient (Wildman–Crippen LogP) is 2.70. The Morgan fingerprint density at radius 3 is 2.53 bits per heavy atom. The number of hydrogen-bond acceptors (Lipinski definition) is 4. The number of amides is 1. The summed E-state index contributed by atoms with van der Waals surface area (Å²) < 4.78 is 0. The molecule has 0 spiro atoms. The van der Waals surface area contributed by atoms with Crippen LogP contribution in [0.25, 0.3) is 0 Å². The van der Waals surface area contributed by atoms with Crippen molar-refractivity contribution >= 4 is 22.4 Å². The van der Waals surface area contributed by atoms with Crippen LogP contribution in [0.2, 0.25) is 0 Å². The minimum Gasteiger partial charge on any atom is -0.375 e. The lowest BCUT2D eigenvalue weighted by Gasteiger charge is -2.41. The molecule has 0 saturated carbocycles. The Hall–Kier alpha value is -1.10. The van der Waals surface area contributed by atoms with E-state index in [0.29, 0.717) is 17.0 Å². The number of carbonyl (C=O) groups excluding carboxylic acids is 1. The molecule has 0 unspecified atom stereocenters. The van der Waals surface area contributed by atoms with Crippen LogP contribution < -0.4 is 5.73 Å². The summed E-state index contributed by atoms with van der Waals surface area (Å²) in [6.45, 7) is 6.30. The van der Waals surface area contributed by atoms with Crippen LogP contribution in [0.4, 0.5) is 5.13 Å². The summed E-state index contributed by atoms with van der Waals surface area (Å²) in [7, 11) is 0. The molecule has 1 saturated heterocycles. The van der Waals surface area contributed by atoms with Crippen LogP contribution >= 0.6 is 11.3 Å². The van der Waals surface area contributed by atoms with E-state index < -0.39 is 0 Å². The van der Waals surface area contributed by atoms with Gasteiger partial charge in [0.05, 0.1) is 12.1 Å². The molecule has 2 N–H and O–H groups in total. The number of carbonyl (C=O) groups is 1. The molecule has 1 amide bonds. The van der Waals surface area contributed by atoms with Gasteiger partial charge in [0.25, 0.3) is 0 Å². The molecular formula is C14H23N3OS. The van der Waals surface area contributed by atoms with E-state index in [1.54, 1.807) is 0 Å². The number of thiazole rings is 1. The van der Waals surface area contributed by atoms with Crippen molar-refractivity contribution in [3.8, 4) is 0 Å². The molecule has 19 heavy (non-hydrogen) atoms. The first kappa shape index (κ1) is 14.3. The molecule has 2 heterocycles. The molecule has 0 radical (unpaired) electrons. The third kappa shape index (κ3) is 3.26. The fraction of sp³-hybridized carbons (Fsp3) is 0.714. The Balaban J connectivity index is 1.89. The average molecular weight is 281 g/mol. The highest BCUT2D eigenvalue weighted by atomic mass is 32.1. The smallest absolute Gasteiger partial charge is 0.228 e. The molecule has 4 nitrogen and oxygen atoms in total. The Bertz CT molecular complexity index is 430. The lowest BCUT2D eigenvalue weighted by Crippen LogP contribution is -2.43. The largest absolute Gasteiger partial charge is 0.375 e. The van der Waals surface area contributed by atoms with Gasteiger partial charge in [-0.2, -0.15) is 0 Å². The van der Waals surface area contributed by atoms with Crippen LogP contribution in [-0.2, 0) is 11.2 Å². The minimum atomic E-state index is 0.186. The zero-order valence-corrected chi connectivity index (χ0v) is 12.6. The van der Waals surface area contributed by atoms with Crippen LogP contribution in [0.5, 0.6) is 0 Å². The molecule has 2 rings (SSSR count). The Morgan fingerprint density at radius 2 is 2.05 bits per heavy atom. The van der Waals surface area contributed by atoms with Crippen molar-refractivity contribution in [2.45, 2.75) is 46.0 Å². The van der Waals surface area contributed by atoms with Gasteiger partial charge in [0.2, 0.25) is 5.91 Å². The number of hydrogen-bond donors (Lipinski definition) is 1. The highest BCUT2D eigenvalue weighted by molar-refractivity contribution is 7.13. The summed E-state index contributed by atoms with van der Waals surface area (Å²) in [5.41, 5.74) is 6.85. The first-order valence-electron chi connectivity index (χ1n) is 7.06. The first-order chi connectivity index (χ1) is 9.08. The molecular weight excluding hydrogens is 258 g/mol. The second kappa shape index (κ2) is 5.90. The van der Waals surface area contributed by atoms with Gasteiger partial charge in [-0.15, -0.1) is 11.3 Å². The molecule has 1 aliphatic heterocycles. The van der Waals surface area contributed by atoms with Crippen molar-refractivity contribution in [1.82, 2.24) is 9.88 Å². The summed E-state index contributed by atoms with van der Waals surface area (Å²) in [6.07, 6.45) is 5.08. The average Bonchev–Trinajstić information content (AvgIpc) is 2.84. The van der Waals surface area contributed by atoms with Crippen LogP contribution in [0, 0.1) is 5.41 Å². The molecule has 1 aliphatic rings. The molecule has 0 atom stereocenters. The number of piperidine rings is 1. The Labute approximate surface area is 119 Å². The van der Waals surface area contributed by atoms with Crippen LogP contribution in [0.15, 0.2) is 5.38 Å². The molecule has 106 valence electrons. The van der Waals surface area contributed by atoms with Gasteiger partial charge in [0, 0.05) is 18.5 Å². The maximum Gasteiger partial charge on any atom is 0.228 e. The van der Waals surface area contributed by atoms with Gasteiger partial charge in [0.1, 0.15) is 0 Å². The standard InChI is InChI=1S/C14H23N3OS/c1-3-14(4-2)5-7-17(8-6-14)12(18)9-11-10-19-13(15)16-11/h10H,3-9H2,1-2H3,(H2,15,16). The number of nitrogens with zero attached hydrogens (tertiary/aromatic N) is 2. The Morgan fingerprint density at radius 1 is 1.42 bits per heavy atom. The monoisotopic (exact) mass is 281 g/mol. The van der Waals surface area contributed by atoms with E-state index in [0.717, 1.165) is 31.6 Å². The number of aromatic nitrogens is 1. The number of anilines is 1. The SMILES string of the molecule is CCC1(CC)CCN(C(=O)Cc2csc(N)n2)CC1. The molecule has 1 aromatic heterocycles. The van der Waals surface area contributed by atoms with E-state index in [2.05, 4.69) is 18.8 Å². The maximum atomic E-state index is 12.2. The van der Waals surface area contributed by atoms with Crippen molar-refractivity contribution < 1.29 is 4.79 Å². The van der Waals surface area contributed by atoms with Crippen LogP contribution in [0.1, 0.15) is 45.2 Å². The van der Waals surface area contributed by atoms with Crippen LogP contribution in [-0.4, -0.2) is 28.9 Å². The van der Waals surface area contributed by atoms with Gasteiger partial charge < -0.3 is 10.6 Å². The second-order valence-corrected chi connectivity index (χ2v) is 6.33. The molecule has 0 aromatic carbocycles. The van der Waals surface area contributed by atoms with E-state index in [4.69, 9.17) is 5.73 Å². The highest BCUT2D eigenvalue weighted by Crippen LogP contribution is 2.37. The Kier molecular flexibility index (Phi) is 4.45. The number of nitrogens with two attached hydrogens (primary N) is 1. The minimum absolute atomic E-state index is 0.186. The quantitative estimate of drug-likeness (QED) is 0.923. The molecule has 0 bridgehead atoms. The van der Waals surface area contributed by atoms with Gasteiger partial charge in [-0.05, 0) is 18.3 Å². The van der Waals surface area contributed by atoms with Gasteiger partial charge in [0.15, 0.2) is 5.13 Å². The van der Waals surface area contributed by atoms with Gasteiger partial charge in [-0.25, -0.2) is 4.98 Å². The summed E-state index contributed by atoms with van der Waals surface area (Å²) in [5.74, 6) is 0.186. The van der Waals surface area contributed by atoms with Crippen LogP contribution in [0.3, 0.4) is 0 Å². The number of rotatable bonds is 4. The van der Waals surface area contributed by atoms with Gasteiger partial charge >= 0.3 is 0 Å². The van der Waals surface area contributed by atoms with E-state index in [9.17, 15) is 4.79 Å². The first-order valence-corrected chi connectivity index (χ1v) is 7.94. The summed E-state index contributed by atoms with van der Waals surface area (Å²) in [6, 6.07) is 0. The fourth-order valence-electron chi connectivity index (χ4n) is 2.86. The third-order valence-corrected chi connectivity index (χ3v) is 5.30. The summed E-state index contributed by atoms with van der Waals surface area (Å²) in [4.78, 5) is 18.4. The van der Waals surface area contributed by atoms with E-state index in [-0.39, 0.29) is 5.91 Å². The number of nitrogen functional groups attached to an aromatic ring is 1. The molecule has 5 heteroatoms. The molecule has 1 fully saturated rings. The maximum absolute atomic E-state index is 12.2. The lowest BCUT2D eigenvalue weighted by molar-refractivity contribution is -0.133. The van der Waals surface area contributed by atoms with Gasteiger partial charge in [-0.1, -0.05) is 26.7 Å². The third-order valence-electron chi connectivity index (χ3n) is 4.58. The van der Waals surface area contributed by atoms with Crippen molar-refractivity contribution in [1.29, 1.82) is 0 Å².